The van der Waals surface area contributed by atoms with Gasteiger partial charge in [0.2, 0.25) is 0 Å². The highest BCUT2D eigenvalue weighted by Gasteiger charge is 2.37. The smallest absolute Gasteiger partial charge is 0.107 e. The molecule has 4 heteroatoms. The van der Waals surface area contributed by atoms with Crippen LogP contribution >= 0.6 is 15.9 Å². The van der Waals surface area contributed by atoms with Gasteiger partial charge in [-0.15, -0.1) is 0 Å². The Morgan fingerprint density at radius 2 is 2.21 bits per heavy atom. The molecular formula is C10H15BrN2O. The van der Waals surface area contributed by atoms with Gasteiger partial charge in [0.05, 0.1) is 16.4 Å². The molecular weight excluding hydrogens is 244 g/mol. The Labute approximate surface area is 92.2 Å². The minimum atomic E-state index is -0.647. The van der Waals surface area contributed by atoms with Crippen molar-refractivity contribution < 1.29 is 5.11 Å². The van der Waals surface area contributed by atoms with Gasteiger partial charge < -0.3 is 5.11 Å². The van der Waals surface area contributed by atoms with Crippen molar-refractivity contribution >= 4 is 15.9 Å². The number of nitrogens with zero attached hydrogens (tertiary/aromatic N) is 2. The van der Waals surface area contributed by atoms with Crippen molar-refractivity contribution in [1.82, 2.24) is 9.78 Å². The van der Waals surface area contributed by atoms with Crippen LogP contribution in [0.25, 0.3) is 0 Å². The second-order valence-corrected chi connectivity index (χ2v) is 4.75. The van der Waals surface area contributed by atoms with Gasteiger partial charge in [-0.25, -0.2) is 0 Å². The Morgan fingerprint density at radius 1 is 1.57 bits per heavy atom. The third kappa shape index (κ3) is 1.50. The van der Waals surface area contributed by atoms with Gasteiger partial charge in [-0.2, -0.15) is 5.10 Å². The first-order valence-electron chi connectivity index (χ1n) is 5.11. The SMILES string of the molecule is CCn1ncc(Br)c1C1(O)CCCC1. The van der Waals surface area contributed by atoms with Crippen LogP contribution in [0.5, 0.6) is 0 Å². The van der Waals surface area contributed by atoms with E-state index in [0.717, 1.165) is 42.4 Å². The van der Waals surface area contributed by atoms with Gasteiger partial charge in [0.25, 0.3) is 0 Å². The molecule has 0 aromatic carbocycles. The monoisotopic (exact) mass is 258 g/mol. The summed E-state index contributed by atoms with van der Waals surface area (Å²) in [6, 6.07) is 0. The van der Waals surface area contributed by atoms with E-state index >= 15 is 0 Å². The van der Waals surface area contributed by atoms with Crippen molar-refractivity contribution in [2.24, 2.45) is 0 Å². The summed E-state index contributed by atoms with van der Waals surface area (Å²) in [5.41, 5.74) is 0.309. The molecule has 0 unspecified atom stereocenters. The molecule has 1 N–H and O–H groups in total. The van der Waals surface area contributed by atoms with Crippen LogP contribution in [-0.2, 0) is 12.1 Å². The fourth-order valence-electron chi connectivity index (χ4n) is 2.26. The van der Waals surface area contributed by atoms with Gasteiger partial charge in [0.1, 0.15) is 5.60 Å². The summed E-state index contributed by atoms with van der Waals surface area (Å²) < 4.78 is 2.82. The fourth-order valence-corrected chi connectivity index (χ4v) is 2.93. The van der Waals surface area contributed by atoms with Crippen LogP contribution in [0.3, 0.4) is 0 Å². The maximum Gasteiger partial charge on any atom is 0.107 e. The van der Waals surface area contributed by atoms with E-state index in [2.05, 4.69) is 21.0 Å². The van der Waals surface area contributed by atoms with Crippen LogP contribution in [0.2, 0.25) is 0 Å². The van der Waals surface area contributed by atoms with Crippen LogP contribution in [-0.4, -0.2) is 14.9 Å². The lowest BCUT2D eigenvalue weighted by atomic mass is 9.98. The number of hydrogen-bond acceptors (Lipinski definition) is 2. The number of halogens is 1. The Kier molecular flexibility index (Phi) is 2.66. The first kappa shape index (κ1) is 10.2. The lowest BCUT2D eigenvalue weighted by Crippen LogP contribution is -2.25. The van der Waals surface area contributed by atoms with Crippen LogP contribution in [0.15, 0.2) is 10.7 Å². The van der Waals surface area contributed by atoms with E-state index in [0.29, 0.717) is 0 Å². The van der Waals surface area contributed by atoms with E-state index in [9.17, 15) is 5.11 Å². The molecule has 1 fully saturated rings. The molecule has 1 aliphatic rings. The van der Waals surface area contributed by atoms with E-state index in [4.69, 9.17) is 0 Å². The number of hydrogen-bond donors (Lipinski definition) is 1. The highest BCUT2D eigenvalue weighted by atomic mass is 79.9. The maximum absolute atomic E-state index is 10.5. The van der Waals surface area contributed by atoms with Crippen molar-refractivity contribution in [2.45, 2.75) is 44.8 Å². The van der Waals surface area contributed by atoms with Gasteiger partial charge in [-0.3, -0.25) is 4.68 Å². The molecule has 1 aromatic rings. The second-order valence-electron chi connectivity index (χ2n) is 3.90. The highest BCUT2D eigenvalue weighted by molar-refractivity contribution is 9.10. The summed E-state index contributed by atoms with van der Waals surface area (Å²) >= 11 is 3.46. The standard InChI is InChI=1S/C10H15BrN2O/c1-2-13-9(8(11)7-12-13)10(14)5-3-4-6-10/h7,14H,2-6H2,1H3. The minimum absolute atomic E-state index is 0.647. The quantitative estimate of drug-likeness (QED) is 0.885. The van der Waals surface area contributed by atoms with Crippen molar-refractivity contribution in [2.75, 3.05) is 0 Å². The van der Waals surface area contributed by atoms with Crippen molar-refractivity contribution in [1.29, 1.82) is 0 Å². The fraction of sp³-hybridized carbons (Fsp3) is 0.700. The lowest BCUT2D eigenvalue weighted by Gasteiger charge is -2.23. The molecule has 1 aliphatic carbocycles. The molecule has 2 rings (SSSR count). The third-order valence-electron chi connectivity index (χ3n) is 2.97. The third-order valence-corrected chi connectivity index (χ3v) is 3.55. The van der Waals surface area contributed by atoms with Gasteiger partial charge in [0, 0.05) is 6.54 Å². The van der Waals surface area contributed by atoms with E-state index in [1.54, 1.807) is 6.20 Å². The summed E-state index contributed by atoms with van der Waals surface area (Å²) in [7, 11) is 0. The molecule has 3 nitrogen and oxygen atoms in total. The molecule has 0 bridgehead atoms. The van der Waals surface area contributed by atoms with Crippen LogP contribution < -0.4 is 0 Å². The van der Waals surface area contributed by atoms with E-state index in [1.165, 1.54) is 0 Å². The van der Waals surface area contributed by atoms with Crippen molar-refractivity contribution in [3.63, 3.8) is 0 Å². The van der Waals surface area contributed by atoms with Crippen molar-refractivity contribution in [3.05, 3.63) is 16.4 Å². The number of rotatable bonds is 2. The van der Waals surface area contributed by atoms with E-state index in [-0.39, 0.29) is 0 Å². The molecule has 1 heterocycles. The average molecular weight is 259 g/mol. The molecule has 78 valence electrons. The van der Waals surface area contributed by atoms with Crippen molar-refractivity contribution in [3.8, 4) is 0 Å². The van der Waals surface area contributed by atoms with E-state index in [1.807, 2.05) is 11.6 Å². The number of aryl methyl sites for hydroxylation is 1. The van der Waals surface area contributed by atoms with Gasteiger partial charge in [-0.1, -0.05) is 12.8 Å². The Balaban J connectivity index is 2.42. The molecule has 1 saturated carbocycles. The Bertz CT molecular complexity index is 329. The molecule has 0 spiro atoms. The molecule has 0 saturated heterocycles. The zero-order valence-electron chi connectivity index (χ0n) is 8.33. The summed E-state index contributed by atoms with van der Waals surface area (Å²) in [5.74, 6) is 0. The molecule has 14 heavy (non-hydrogen) atoms. The minimum Gasteiger partial charge on any atom is -0.384 e. The van der Waals surface area contributed by atoms with Gasteiger partial charge in [0.15, 0.2) is 0 Å². The topological polar surface area (TPSA) is 38.0 Å². The highest BCUT2D eigenvalue weighted by Crippen LogP contribution is 2.41. The molecule has 0 amide bonds. The second kappa shape index (κ2) is 3.66. The summed E-state index contributed by atoms with van der Waals surface area (Å²) in [6.45, 7) is 2.85. The zero-order chi connectivity index (χ0) is 10.2. The Morgan fingerprint density at radius 3 is 2.79 bits per heavy atom. The molecule has 1 aromatic heterocycles. The summed E-state index contributed by atoms with van der Waals surface area (Å²) in [5, 5.41) is 14.7. The number of aromatic nitrogens is 2. The molecule has 0 radical (unpaired) electrons. The van der Waals surface area contributed by atoms with Gasteiger partial charge in [-0.05, 0) is 35.7 Å². The predicted molar refractivity (Wildman–Crippen MR) is 58.0 cm³/mol. The normalized spacial score (nSPS) is 20.2. The molecule has 0 atom stereocenters. The Hall–Kier alpha value is -0.350. The van der Waals surface area contributed by atoms with Crippen LogP contribution in [0, 0.1) is 0 Å². The first-order chi connectivity index (χ1) is 6.67. The summed E-state index contributed by atoms with van der Waals surface area (Å²) in [6.07, 6.45) is 5.71. The maximum atomic E-state index is 10.5. The van der Waals surface area contributed by atoms with Crippen LogP contribution in [0.4, 0.5) is 0 Å². The predicted octanol–water partition coefficient (Wildman–Crippen LogP) is 2.43. The summed E-state index contributed by atoms with van der Waals surface area (Å²) in [4.78, 5) is 0. The molecule has 0 aliphatic heterocycles. The lowest BCUT2D eigenvalue weighted by molar-refractivity contribution is 0.0344. The van der Waals surface area contributed by atoms with Gasteiger partial charge >= 0.3 is 0 Å². The zero-order valence-corrected chi connectivity index (χ0v) is 9.92. The number of aliphatic hydroxyl groups is 1. The largest absolute Gasteiger partial charge is 0.384 e. The average Bonchev–Trinajstić information content (AvgIpc) is 2.73. The van der Waals surface area contributed by atoms with Crippen LogP contribution in [0.1, 0.15) is 38.3 Å². The first-order valence-corrected chi connectivity index (χ1v) is 5.91. The van der Waals surface area contributed by atoms with E-state index < -0.39 is 5.60 Å².